The number of piperidine rings is 1. The van der Waals surface area contributed by atoms with E-state index in [0.717, 1.165) is 24.7 Å². The summed E-state index contributed by atoms with van der Waals surface area (Å²) in [6, 6.07) is 21.3. The van der Waals surface area contributed by atoms with Crippen LogP contribution in [-0.4, -0.2) is 288 Å². The zero-order valence-electron chi connectivity index (χ0n) is 65.9. The number of carbonyl (C=O) groups is 4. The number of anilines is 3. The van der Waals surface area contributed by atoms with Gasteiger partial charge in [0.05, 0.1) is 182 Å². The number of nitrogens with zero attached hydrogens (tertiary/aromatic N) is 7. The molecule has 0 bridgehead atoms. The molecule has 4 amide bonds. The molecule has 7 aromatic rings. The number of aromatic nitrogens is 5. The van der Waals surface area contributed by atoms with Crippen LogP contribution in [0.5, 0.6) is 11.5 Å². The van der Waals surface area contributed by atoms with Crippen LogP contribution in [0.3, 0.4) is 0 Å². The molecular weight excluding hydrogens is 1560 g/mol. The number of aromatic amines is 1. The quantitative estimate of drug-likeness (QED) is 0.0103. The lowest BCUT2D eigenvalue weighted by molar-refractivity contribution is -0.138. The average Bonchev–Trinajstić information content (AvgIpc) is 1.37. The third kappa shape index (κ3) is 34.1. The monoisotopic (exact) mass is 1660 g/mol. The van der Waals surface area contributed by atoms with Gasteiger partial charge in [0.25, 0.3) is 11.8 Å². The van der Waals surface area contributed by atoms with Crippen LogP contribution >= 0.6 is 11.6 Å². The molecule has 0 aliphatic carbocycles. The molecule has 2 aliphatic heterocycles. The predicted molar refractivity (Wildman–Crippen MR) is 423 cm³/mol. The van der Waals surface area contributed by atoms with Crippen molar-refractivity contribution in [1.82, 2.24) is 45.0 Å². The largest absolute Gasteiger partial charge is 0.491 e. The highest BCUT2D eigenvalue weighted by Crippen LogP contribution is 2.36. The number of ether oxygens (including phenoxy) is 14. The lowest BCUT2D eigenvalue weighted by Crippen LogP contribution is -2.44. The molecule has 0 spiro atoms. The van der Waals surface area contributed by atoms with Crippen LogP contribution in [0.1, 0.15) is 67.9 Å². The van der Waals surface area contributed by atoms with E-state index in [4.69, 9.17) is 73.2 Å². The van der Waals surface area contributed by atoms with Gasteiger partial charge >= 0.3 is 11.7 Å². The topological polar surface area (TPSA) is 314 Å². The van der Waals surface area contributed by atoms with Gasteiger partial charge in [0.15, 0.2) is 0 Å². The number of carbonyl (C=O) groups excluding carboxylic acids is 4. The third-order valence-electron chi connectivity index (χ3n) is 18.2. The molecule has 0 saturated carbocycles. The van der Waals surface area contributed by atoms with Crippen molar-refractivity contribution in [3.63, 3.8) is 0 Å². The van der Waals surface area contributed by atoms with E-state index < -0.39 is 29.1 Å². The van der Waals surface area contributed by atoms with E-state index in [-0.39, 0.29) is 65.4 Å². The number of likely N-dealkylation sites (N-methyl/N-ethyl adjacent to an activating group) is 1. The van der Waals surface area contributed by atoms with Gasteiger partial charge < -0.3 is 97.4 Å². The molecule has 0 radical (unpaired) electrons. The number of amides is 4. The Bertz CT molecular complexity index is 4180. The van der Waals surface area contributed by atoms with Crippen LogP contribution in [0.15, 0.2) is 110 Å². The molecule has 9 rings (SSSR count). The van der Waals surface area contributed by atoms with E-state index in [2.05, 4.69) is 67.8 Å². The summed E-state index contributed by atoms with van der Waals surface area (Å²) in [5, 5.41) is 18.1. The molecule has 117 heavy (non-hydrogen) atoms. The maximum Gasteiger partial charge on any atom is 0.487 e. The van der Waals surface area contributed by atoms with Gasteiger partial charge in [-0.25, -0.2) is 9.97 Å². The first kappa shape index (κ1) is 91.8. The summed E-state index contributed by atoms with van der Waals surface area (Å²) in [6.45, 7) is 16.2. The van der Waals surface area contributed by atoms with E-state index in [1.54, 1.807) is 61.1 Å². The number of hydrogen-bond donors (Lipinski definition) is 5. The number of imidazole rings is 1. The van der Waals surface area contributed by atoms with Crippen molar-refractivity contribution in [2.75, 3.05) is 240 Å². The molecule has 5 N–H and O–H groups in total. The minimum absolute atomic E-state index is 0.0467. The van der Waals surface area contributed by atoms with Gasteiger partial charge in [0.1, 0.15) is 35.3 Å². The highest BCUT2D eigenvalue weighted by atomic mass is 35.5. The molecular formula is C81H104ClF5N12O18. The predicted octanol–water partition coefficient (Wildman–Crippen LogP) is 8.38. The second kappa shape index (κ2) is 50.6. The second-order valence-electron chi connectivity index (χ2n) is 26.9. The van der Waals surface area contributed by atoms with Crippen LogP contribution in [-0.2, 0) is 79.2 Å². The number of hydrogen-bond acceptors (Lipinski definition) is 24. The standard InChI is InChI=1S/C81H104ClF5N12O18/c1-60-3-4-63(78(102)94-67-7-5-64(72(55-67)80(83,84)85)59-97-26-24-96(2)25-27-97)53-62(60)6-10-68-58-90-74-56-70(16-23-99(68)74)116-52-51-115-50-49-114-48-47-113-46-45-111-41-38-108-35-32-105-29-19-88-75(100)17-28-104-31-34-107-37-40-110-43-44-112-42-39-109-36-33-106-30-20-89-77(101)61-14-21-98(22-15-61)76-71(73-13-18-92-95-73)54-65(57-91-76)79(103)93-66-8-11-69(12-9-66)117-81(82,86)87/h3-5,7-9,11-13,16,18,23,53-58,61H,14-15,17,19-22,24-52,59H2,1-2H3,(H,88,100)(H,89,101)(H,92,95)(H,93,103)(H,94,102). The molecule has 6 heterocycles. The first-order chi connectivity index (χ1) is 56.8. The van der Waals surface area contributed by atoms with Crippen LogP contribution in [0.25, 0.3) is 16.9 Å². The molecule has 30 nitrogen and oxygen atoms in total. The van der Waals surface area contributed by atoms with Crippen molar-refractivity contribution in [2.24, 2.45) is 5.92 Å². The normalized spacial score (nSPS) is 13.7. The Morgan fingerprint density at radius 1 is 0.547 bits per heavy atom. The van der Waals surface area contributed by atoms with Gasteiger partial charge in [0, 0.05) is 136 Å². The smallest absolute Gasteiger partial charge is 0.487 e. The number of piperazine rings is 1. The lowest BCUT2D eigenvalue weighted by Gasteiger charge is -2.33. The second-order valence-corrected chi connectivity index (χ2v) is 27.3. The first-order valence-corrected chi connectivity index (χ1v) is 39.2. The van der Waals surface area contributed by atoms with Crippen LogP contribution < -0.4 is 35.6 Å². The Hall–Kier alpha value is -9.07. The molecule has 36 heteroatoms. The van der Waals surface area contributed by atoms with Crippen molar-refractivity contribution in [3.8, 4) is 34.6 Å². The Morgan fingerprint density at radius 2 is 1.09 bits per heavy atom. The summed E-state index contributed by atoms with van der Waals surface area (Å²) in [5.41, 5.74) is 0.353. The molecule has 3 aromatic carbocycles. The zero-order chi connectivity index (χ0) is 82.7. The highest BCUT2D eigenvalue weighted by molar-refractivity contribution is 6.20. The van der Waals surface area contributed by atoms with Gasteiger partial charge in [-0.15, -0.1) is 8.78 Å². The number of nitrogens with one attached hydrogen (secondary N) is 5. The van der Waals surface area contributed by atoms with Crippen LogP contribution in [0.2, 0.25) is 0 Å². The van der Waals surface area contributed by atoms with E-state index >= 15 is 0 Å². The van der Waals surface area contributed by atoms with Crippen molar-refractivity contribution in [3.05, 3.63) is 149 Å². The molecule has 638 valence electrons. The van der Waals surface area contributed by atoms with E-state index in [0.29, 0.717) is 256 Å². The fraction of sp³-hybridized carbons (Fsp3) is 0.519. The summed E-state index contributed by atoms with van der Waals surface area (Å²) in [6.07, 6.45) is 3.30. The highest BCUT2D eigenvalue weighted by Gasteiger charge is 2.35. The Kier molecular flexibility index (Phi) is 39.7. The van der Waals surface area contributed by atoms with Gasteiger partial charge in [-0.1, -0.05) is 18.1 Å². The van der Waals surface area contributed by atoms with Gasteiger partial charge in [-0.05, 0) is 111 Å². The number of fused-ring (bicyclic) bond motifs is 1. The van der Waals surface area contributed by atoms with Crippen molar-refractivity contribution in [1.29, 1.82) is 0 Å². The number of H-pyrrole nitrogens is 1. The summed E-state index contributed by atoms with van der Waals surface area (Å²) < 4.78 is 147. The lowest BCUT2D eigenvalue weighted by atomic mass is 9.95. The van der Waals surface area contributed by atoms with Crippen LogP contribution in [0, 0.1) is 24.7 Å². The third-order valence-corrected chi connectivity index (χ3v) is 18.3. The van der Waals surface area contributed by atoms with E-state index in [1.165, 1.54) is 42.6 Å². The molecule has 0 atom stereocenters. The molecule has 2 fully saturated rings. The number of alkyl halides is 6. The van der Waals surface area contributed by atoms with Gasteiger partial charge in [0.2, 0.25) is 11.8 Å². The minimum Gasteiger partial charge on any atom is -0.491 e. The van der Waals surface area contributed by atoms with E-state index in [1.807, 2.05) is 23.3 Å². The fourth-order valence-corrected chi connectivity index (χ4v) is 12.0. The Labute approximate surface area is 681 Å². The fourth-order valence-electron chi connectivity index (χ4n) is 11.9. The maximum absolute atomic E-state index is 14.2. The van der Waals surface area contributed by atoms with Crippen molar-refractivity contribution < 1.29 is 107 Å². The van der Waals surface area contributed by atoms with E-state index in [9.17, 15) is 41.1 Å². The number of benzene rings is 3. The Balaban J connectivity index is 0.470. The van der Waals surface area contributed by atoms with Crippen LogP contribution in [0.4, 0.5) is 39.1 Å². The number of aryl methyl sites for hydroxylation is 1. The molecule has 2 aliphatic rings. The average molecular weight is 1660 g/mol. The number of rotatable bonds is 54. The molecule has 4 aromatic heterocycles. The summed E-state index contributed by atoms with van der Waals surface area (Å²) >= 11 is 4.84. The summed E-state index contributed by atoms with van der Waals surface area (Å²) in [5.74, 6) is 5.92. The number of pyridine rings is 2. The zero-order valence-corrected chi connectivity index (χ0v) is 66.6. The maximum atomic E-state index is 14.2. The summed E-state index contributed by atoms with van der Waals surface area (Å²) in [4.78, 5) is 67.1. The van der Waals surface area contributed by atoms with Crippen molar-refractivity contribution in [2.45, 2.75) is 44.5 Å². The summed E-state index contributed by atoms with van der Waals surface area (Å²) in [7, 11) is 1.99. The molecule has 2 saturated heterocycles. The first-order valence-electron chi connectivity index (χ1n) is 38.9. The van der Waals surface area contributed by atoms with Crippen molar-refractivity contribution >= 4 is 58.1 Å². The van der Waals surface area contributed by atoms with Gasteiger partial charge in [-0.3, -0.25) is 33.6 Å². The minimum atomic E-state index is -4.59. The SMILES string of the molecule is Cc1ccc(C(=O)Nc2ccc(CN3CCN(C)CC3)c(C(F)(F)F)c2)cc1C#Cc1cnc2cc(OCCOCCOCCOCCOCCOCCOCCNC(=O)CCOCCOCCOCCOCCOCCOCCNC(=O)C3CCN(c4ncc(C(=O)Nc5ccc(OC(F)(F)Cl)cc5)cc4-c4ccn[nH]4)CC3)ccn12. The Morgan fingerprint density at radius 3 is 1.65 bits per heavy atom. The molecule has 0 unspecified atom stereocenters. The van der Waals surface area contributed by atoms with Gasteiger partial charge in [-0.2, -0.15) is 18.3 Å². The number of halogens is 6.